The summed E-state index contributed by atoms with van der Waals surface area (Å²) in [6.07, 6.45) is 0.669. The molecule has 1 atom stereocenters. The molecular weight excluding hydrogens is 388 g/mol. The van der Waals surface area contributed by atoms with Crippen LogP contribution in [0.15, 0.2) is 35.4 Å². The zero-order valence-electron chi connectivity index (χ0n) is 18.0. The summed E-state index contributed by atoms with van der Waals surface area (Å²) in [6, 6.07) is 8.44. The SMILES string of the molecule is COC(=O)C(N=[N+]=[N-])C(=O)N(CCc1ccccc1)C([Si](C)(C)C)[Si](C)(C)C. The van der Waals surface area contributed by atoms with Gasteiger partial charge in [-0.2, -0.15) is 0 Å². The van der Waals surface area contributed by atoms with Crippen molar-refractivity contribution >= 4 is 28.0 Å². The number of hydrogen-bond donors (Lipinski definition) is 0. The zero-order chi connectivity index (χ0) is 21.5. The quantitative estimate of drug-likeness (QED) is 0.151. The van der Waals surface area contributed by atoms with E-state index in [1.54, 1.807) is 0 Å². The number of amides is 1. The van der Waals surface area contributed by atoms with Gasteiger partial charge in [-0.3, -0.25) is 9.59 Å². The van der Waals surface area contributed by atoms with E-state index in [1.807, 2.05) is 35.2 Å². The molecule has 0 radical (unpaired) electrons. The third-order valence-electron chi connectivity index (χ3n) is 4.55. The molecule has 28 heavy (non-hydrogen) atoms. The predicted octanol–water partition coefficient (Wildman–Crippen LogP) is 4.03. The molecule has 154 valence electrons. The number of rotatable bonds is 9. The van der Waals surface area contributed by atoms with Gasteiger partial charge in [-0.1, -0.05) is 74.7 Å². The van der Waals surface area contributed by atoms with Gasteiger partial charge in [0.1, 0.15) is 0 Å². The molecule has 1 amide bonds. The Balaban J connectivity index is 3.37. The Morgan fingerprint density at radius 2 is 1.64 bits per heavy atom. The van der Waals surface area contributed by atoms with Gasteiger partial charge < -0.3 is 9.64 Å². The van der Waals surface area contributed by atoms with E-state index in [0.717, 1.165) is 5.56 Å². The minimum absolute atomic E-state index is 0.0808. The molecule has 0 aliphatic rings. The number of azide groups is 1. The van der Waals surface area contributed by atoms with Crippen LogP contribution in [0.3, 0.4) is 0 Å². The second-order valence-corrected chi connectivity index (χ2v) is 20.2. The molecule has 1 aromatic rings. The fourth-order valence-corrected chi connectivity index (χ4v) is 16.8. The fourth-order valence-electron chi connectivity index (χ4n) is 4.01. The lowest BCUT2D eigenvalue weighted by Gasteiger charge is -2.46. The van der Waals surface area contributed by atoms with Crippen molar-refractivity contribution < 1.29 is 14.3 Å². The molecule has 0 aliphatic heterocycles. The molecule has 9 heteroatoms. The molecule has 0 N–H and O–H groups in total. The van der Waals surface area contributed by atoms with Crippen molar-refractivity contribution in [3.63, 3.8) is 0 Å². The van der Waals surface area contributed by atoms with Crippen molar-refractivity contribution in [2.75, 3.05) is 13.7 Å². The highest BCUT2D eigenvalue weighted by Crippen LogP contribution is 2.26. The zero-order valence-corrected chi connectivity index (χ0v) is 20.0. The number of benzene rings is 1. The first-order valence-corrected chi connectivity index (χ1v) is 16.6. The van der Waals surface area contributed by atoms with Crippen LogP contribution < -0.4 is 0 Å². The maximum absolute atomic E-state index is 13.4. The summed E-state index contributed by atoms with van der Waals surface area (Å²) in [5.41, 5.74) is 9.99. The highest BCUT2D eigenvalue weighted by atomic mass is 28.4. The Hall–Kier alpha value is -2.10. The van der Waals surface area contributed by atoms with Crippen molar-refractivity contribution in [1.29, 1.82) is 0 Å². The normalized spacial score (nSPS) is 12.9. The van der Waals surface area contributed by atoms with Gasteiger partial charge in [0, 0.05) is 16.7 Å². The van der Waals surface area contributed by atoms with E-state index in [-0.39, 0.29) is 5.29 Å². The second-order valence-electron chi connectivity index (χ2n) is 9.03. The van der Waals surface area contributed by atoms with Gasteiger partial charge in [-0.25, -0.2) is 0 Å². The molecule has 0 aliphatic carbocycles. The van der Waals surface area contributed by atoms with E-state index in [4.69, 9.17) is 10.3 Å². The minimum Gasteiger partial charge on any atom is -0.468 e. The molecule has 0 saturated carbocycles. The van der Waals surface area contributed by atoms with Gasteiger partial charge in [0.15, 0.2) is 0 Å². The summed E-state index contributed by atoms with van der Waals surface area (Å²) in [7, 11) is -2.45. The van der Waals surface area contributed by atoms with Crippen LogP contribution in [-0.2, 0) is 20.7 Å². The van der Waals surface area contributed by atoms with E-state index < -0.39 is 34.1 Å². The summed E-state index contributed by atoms with van der Waals surface area (Å²) in [6.45, 7) is 13.9. The average molecular weight is 421 g/mol. The Labute approximate surface area is 169 Å². The molecule has 0 spiro atoms. The summed E-state index contributed by atoms with van der Waals surface area (Å²) >= 11 is 0. The van der Waals surface area contributed by atoms with E-state index in [1.165, 1.54) is 7.11 Å². The van der Waals surface area contributed by atoms with Crippen LogP contribution in [0.2, 0.25) is 39.3 Å². The summed E-state index contributed by atoms with van der Waals surface area (Å²) in [4.78, 5) is 30.0. The molecular formula is C19H32N4O3Si2. The van der Waals surface area contributed by atoms with Crippen LogP contribution in [0.1, 0.15) is 5.56 Å². The average Bonchev–Trinajstić information content (AvgIpc) is 2.60. The van der Waals surface area contributed by atoms with Gasteiger partial charge in [0.25, 0.3) is 0 Å². The van der Waals surface area contributed by atoms with Gasteiger partial charge >= 0.3 is 5.97 Å². The van der Waals surface area contributed by atoms with E-state index in [0.29, 0.717) is 13.0 Å². The Morgan fingerprint density at radius 1 is 1.11 bits per heavy atom. The van der Waals surface area contributed by atoms with Crippen molar-refractivity contribution in [2.24, 2.45) is 5.11 Å². The summed E-state index contributed by atoms with van der Waals surface area (Å²) in [5, 5.41) is 3.54. The van der Waals surface area contributed by atoms with Crippen LogP contribution in [0.4, 0.5) is 0 Å². The first-order valence-electron chi connectivity index (χ1n) is 9.40. The maximum Gasteiger partial charge on any atom is 0.324 e. The Bertz CT molecular complexity index is 709. The number of carbonyl (C=O) groups is 2. The van der Waals surface area contributed by atoms with Crippen molar-refractivity contribution in [1.82, 2.24) is 4.90 Å². The molecule has 1 rings (SSSR count). The van der Waals surface area contributed by atoms with Crippen LogP contribution in [0.25, 0.3) is 10.4 Å². The standard InChI is InChI=1S/C19H32N4O3Si2/c1-26-18(25)16(21-22-20)17(24)23(14-13-15-11-9-8-10-12-15)19(27(2,3)4)28(5,6)7/h8-12,16,19H,13-14H2,1-7H3. The molecule has 0 saturated heterocycles. The first kappa shape index (κ1) is 23.9. The molecule has 0 aromatic heterocycles. The number of esters is 1. The predicted molar refractivity (Wildman–Crippen MR) is 117 cm³/mol. The lowest BCUT2D eigenvalue weighted by Crippen LogP contribution is -2.66. The fraction of sp³-hybridized carbons (Fsp3) is 0.579. The van der Waals surface area contributed by atoms with Crippen molar-refractivity contribution in [2.45, 2.75) is 57.0 Å². The van der Waals surface area contributed by atoms with Crippen molar-refractivity contribution in [3.05, 3.63) is 46.3 Å². The smallest absolute Gasteiger partial charge is 0.324 e. The lowest BCUT2D eigenvalue weighted by molar-refractivity contribution is -0.149. The van der Waals surface area contributed by atoms with Crippen molar-refractivity contribution in [3.8, 4) is 0 Å². The molecule has 1 aromatic carbocycles. The molecule has 1 unspecified atom stereocenters. The topological polar surface area (TPSA) is 95.4 Å². The van der Waals surface area contributed by atoms with E-state index >= 15 is 0 Å². The molecule has 7 nitrogen and oxygen atoms in total. The van der Waals surface area contributed by atoms with Crippen LogP contribution in [0, 0.1) is 0 Å². The number of hydrogen-bond acceptors (Lipinski definition) is 4. The first-order chi connectivity index (χ1) is 12.9. The van der Waals surface area contributed by atoms with Gasteiger partial charge in [0.05, 0.1) is 23.3 Å². The molecule has 0 fully saturated rings. The minimum atomic E-state index is -1.82. The summed E-state index contributed by atoms with van der Waals surface area (Å²) in [5.74, 6) is -1.28. The van der Waals surface area contributed by atoms with Crippen LogP contribution in [0.5, 0.6) is 0 Å². The third-order valence-corrected chi connectivity index (χ3v) is 13.6. The Morgan fingerprint density at radius 3 is 2.07 bits per heavy atom. The van der Waals surface area contributed by atoms with Crippen LogP contribution >= 0.6 is 0 Å². The number of methoxy groups -OCH3 is 1. The molecule has 0 bridgehead atoms. The number of nitrogens with zero attached hydrogens (tertiary/aromatic N) is 4. The Kier molecular flexibility index (Phi) is 8.47. The highest BCUT2D eigenvalue weighted by Gasteiger charge is 2.45. The number of carbonyl (C=O) groups excluding carboxylic acids is 2. The summed E-state index contributed by atoms with van der Waals surface area (Å²) < 4.78 is 4.72. The highest BCUT2D eigenvalue weighted by molar-refractivity contribution is 6.96. The third kappa shape index (κ3) is 6.51. The van der Waals surface area contributed by atoms with Gasteiger partial charge in [0.2, 0.25) is 11.9 Å². The van der Waals surface area contributed by atoms with Gasteiger partial charge in [-0.15, -0.1) is 0 Å². The van der Waals surface area contributed by atoms with E-state index in [2.05, 4.69) is 49.3 Å². The molecule has 0 heterocycles. The number of ether oxygens (including phenoxy) is 1. The van der Waals surface area contributed by atoms with E-state index in [9.17, 15) is 9.59 Å². The monoisotopic (exact) mass is 420 g/mol. The lowest BCUT2D eigenvalue weighted by atomic mass is 10.1. The van der Waals surface area contributed by atoms with Crippen LogP contribution in [-0.4, -0.2) is 57.9 Å². The largest absolute Gasteiger partial charge is 0.468 e. The second kappa shape index (κ2) is 9.90. The van der Waals surface area contributed by atoms with Gasteiger partial charge in [-0.05, 0) is 17.5 Å². The maximum atomic E-state index is 13.4.